The molecule has 6 heteroatoms. The average molecular weight is 305 g/mol. The lowest BCUT2D eigenvalue weighted by atomic mass is 10.1. The SMILES string of the molecule is CC(C)NCCCN(C)S(=O)(=O)NCCC1CCCC1. The Kier molecular flexibility index (Phi) is 8.02. The zero-order chi connectivity index (χ0) is 15.0. The van der Waals surface area contributed by atoms with Crippen LogP contribution in [0.4, 0.5) is 0 Å². The van der Waals surface area contributed by atoms with Crippen LogP contribution >= 0.6 is 0 Å². The Morgan fingerprint density at radius 2 is 1.85 bits per heavy atom. The Balaban J connectivity index is 2.17. The zero-order valence-corrected chi connectivity index (χ0v) is 14.0. The zero-order valence-electron chi connectivity index (χ0n) is 13.2. The normalized spacial score (nSPS) is 17.4. The van der Waals surface area contributed by atoms with E-state index in [1.807, 2.05) is 0 Å². The van der Waals surface area contributed by atoms with Crippen LogP contribution in [-0.2, 0) is 10.2 Å². The summed E-state index contributed by atoms with van der Waals surface area (Å²) in [4.78, 5) is 0. The molecule has 1 fully saturated rings. The van der Waals surface area contributed by atoms with Gasteiger partial charge in [-0.2, -0.15) is 12.7 Å². The summed E-state index contributed by atoms with van der Waals surface area (Å²) in [5.41, 5.74) is 0. The third-order valence-electron chi connectivity index (χ3n) is 3.92. The lowest BCUT2D eigenvalue weighted by molar-refractivity contribution is 0.432. The van der Waals surface area contributed by atoms with E-state index >= 15 is 0 Å². The standard InChI is InChI=1S/C14H31N3O2S/c1-13(2)15-10-6-12-17(3)20(18,19)16-11-9-14-7-4-5-8-14/h13-16H,4-12H2,1-3H3. The molecule has 0 bridgehead atoms. The van der Waals surface area contributed by atoms with Gasteiger partial charge in [-0.25, -0.2) is 4.72 Å². The van der Waals surface area contributed by atoms with Crippen LogP contribution in [0.25, 0.3) is 0 Å². The third-order valence-corrected chi connectivity index (χ3v) is 5.50. The Labute approximate surface area is 124 Å². The first-order valence-electron chi connectivity index (χ1n) is 7.86. The highest BCUT2D eigenvalue weighted by Crippen LogP contribution is 2.26. The summed E-state index contributed by atoms with van der Waals surface area (Å²) in [5.74, 6) is 0.721. The smallest absolute Gasteiger partial charge is 0.279 e. The van der Waals surface area contributed by atoms with Crippen LogP contribution in [-0.4, -0.2) is 45.4 Å². The van der Waals surface area contributed by atoms with Crippen LogP contribution in [0, 0.1) is 5.92 Å². The molecular weight excluding hydrogens is 274 g/mol. The minimum absolute atomic E-state index is 0.446. The summed E-state index contributed by atoms with van der Waals surface area (Å²) in [6, 6.07) is 0.446. The molecule has 0 aromatic rings. The van der Waals surface area contributed by atoms with Gasteiger partial charge in [0.05, 0.1) is 0 Å². The third kappa shape index (κ3) is 7.02. The van der Waals surface area contributed by atoms with Crippen molar-refractivity contribution in [1.82, 2.24) is 14.3 Å². The molecule has 0 unspecified atom stereocenters. The Morgan fingerprint density at radius 1 is 1.20 bits per heavy atom. The Morgan fingerprint density at radius 3 is 2.45 bits per heavy atom. The van der Waals surface area contributed by atoms with Crippen molar-refractivity contribution in [3.8, 4) is 0 Å². The number of nitrogens with one attached hydrogen (secondary N) is 2. The molecule has 0 atom stereocenters. The average Bonchev–Trinajstić information content (AvgIpc) is 2.87. The number of rotatable bonds is 10. The topological polar surface area (TPSA) is 61.4 Å². The molecule has 0 saturated heterocycles. The first-order valence-corrected chi connectivity index (χ1v) is 9.30. The summed E-state index contributed by atoms with van der Waals surface area (Å²) in [7, 11) is -1.65. The van der Waals surface area contributed by atoms with Crippen molar-refractivity contribution in [2.75, 3.05) is 26.7 Å². The van der Waals surface area contributed by atoms with Gasteiger partial charge in [0.25, 0.3) is 10.2 Å². The van der Waals surface area contributed by atoms with Gasteiger partial charge in [0.15, 0.2) is 0 Å². The van der Waals surface area contributed by atoms with Gasteiger partial charge in [0.1, 0.15) is 0 Å². The van der Waals surface area contributed by atoms with Crippen LogP contribution in [0.3, 0.4) is 0 Å². The van der Waals surface area contributed by atoms with E-state index in [1.165, 1.54) is 30.0 Å². The van der Waals surface area contributed by atoms with Gasteiger partial charge < -0.3 is 5.32 Å². The second-order valence-electron chi connectivity index (χ2n) is 6.12. The van der Waals surface area contributed by atoms with Crippen LogP contribution < -0.4 is 10.0 Å². The van der Waals surface area contributed by atoms with Gasteiger partial charge in [-0.05, 0) is 25.3 Å². The Bertz CT molecular complexity index is 351. The van der Waals surface area contributed by atoms with Crippen molar-refractivity contribution in [3.63, 3.8) is 0 Å². The predicted octanol–water partition coefficient (Wildman–Crippen LogP) is 1.72. The number of hydrogen-bond acceptors (Lipinski definition) is 3. The van der Waals surface area contributed by atoms with E-state index in [4.69, 9.17) is 0 Å². The van der Waals surface area contributed by atoms with Gasteiger partial charge in [0.2, 0.25) is 0 Å². The van der Waals surface area contributed by atoms with E-state index in [0.717, 1.165) is 25.3 Å². The van der Waals surface area contributed by atoms with E-state index in [9.17, 15) is 8.42 Å². The summed E-state index contributed by atoms with van der Waals surface area (Å²) in [5, 5.41) is 3.29. The monoisotopic (exact) mass is 305 g/mol. The first-order chi connectivity index (χ1) is 9.42. The minimum Gasteiger partial charge on any atom is -0.314 e. The van der Waals surface area contributed by atoms with Crippen molar-refractivity contribution < 1.29 is 8.42 Å². The van der Waals surface area contributed by atoms with Gasteiger partial charge in [-0.1, -0.05) is 39.5 Å². The van der Waals surface area contributed by atoms with E-state index in [2.05, 4.69) is 23.9 Å². The Hall–Kier alpha value is -0.170. The van der Waals surface area contributed by atoms with Crippen molar-refractivity contribution >= 4 is 10.2 Å². The fourth-order valence-corrected chi connectivity index (χ4v) is 3.58. The van der Waals surface area contributed by atoms with E-state index in [0.29, 0.717) is 19.1 Å². The van der Waals surface area contributed by atoms with Crippen molar-refractivity contribution in [3.05, 3.63) is 0 Å². The lowest BCUT2D eigenvalue weighted by Gasteiger charge is -2.19. The molecule has 0 aliphatic heterocycles. The fraction of sp³-hybridized carbons (Fsp3) is 1.00. The molecule has 1 aliphatic rings. The highest BCUT2D eigenvalue weighted by atomic mass is 32.2. The van der Waals surface area contributed by atoms with Gasteiger partial charge in [-0.15, -0.1) is 0 Å². The molecule has 1 saturated carbocycles. The molecule has 0 spiro atoms. The summed E-state index contributed by atoms with van der Waals surface area (Å²) in [6.45, 7) is 6.15. The molecule has 1 rings (SSSR count). The maximum absolute atomic E-state index is 12.0. The summed E-state index contributed by atoms with van der Waals surface area (Å²) < 4.78 is 28.2. The maximum atomic E-state index is 12.0. The van der Waals surface area contributed by atoms with Crippen LogP contribution in [0.2, 0.25) is 0 Å². The second kappa shape index (κ2) is 8.97. The molecule has 120 valence electrons. The molecule has 0 radical (unpaired) electrons. The predicted molar refractivity (Wildman–Crippen MR) is 83.9 cm³/mol. The van der Waals surface area contributed by atoms with Gasteiger partial charge >= 0.3 is 0 Å². The largest absolute Gasteiger partial charge is 0.314 e. The molecule has 20 heavy (non-hydrogen) atoms. The molecule has 0 aromatic carbocycles. The van der Waals surface area contributed by atoms with Gasteiger partial charge in [0, 0.05) is 26.2 Å². The van der Waals surface area contributed by atoms with Crippen molar-refractivity contribution in [2.24, 2.45) is 5.92 Å². The van der Waals surface area contributed by atoms with E-state index < -0.39 is 10.2 Å². The summed E-state index contributed by atoms with van der Waals surface area (Å²) >= 11 is 0. The molecule has 0 heterocycles. The maximum Gasteiger partial charge on any atom is 0.279 e. The van der Waals surface area contributed by atoms with Crippen molar-refractivity contribution in [1.29, 1.82) is 0 Å². The second-order valence-corrected chi connectivity index (χ2v) is 7.98. The first kappa shape index (κ1) is 17.9. The van der Waals surface area contributed by atoms with Gasteiger partial charge in [-0.3, -0.25) is 0 Å². The van der Waals surface area contributed by atoms with Crippen LogP contribution in [0.15, 0.2) is 0 Å². The van der Waals surface area contributed by atoms with E-state index in [-0.39, 0.29) is 0 Å². The molecular formula is C14H31N3O2S. The summed E-state index contributed by atoms with van der Waals surface area (Å²) in [6.07, 6.45) is 6.94. The highest BCUT2D eigenvalue weighted by molar-refractivity contribution is 7.87. The number of hydrogen-bond donors (Lipinski definition) is 2. The fourth-order valence-electron chi connectivity index (χ4n) is 2.61. The molecule has 1 aliphatic carbocycles. The number of nitrogens with zero attached hydrogens (tertiary/aromatic N) is 1. The highest BCUT2D eigenvalue weighted by Gasteiger charge is 2.19. The van der Waals surface area contributed by atoms with Crippen molar-refractivity contribution in [2.45, 2.75) is 58.4 Å². The quantitative estimate of drug-likeness (QED) is 0.604. The van der Waals surface area contributed by atoms with Crippen LogP contribution in [0.1, 0.15) is 52.4 Å². The minimum atomic E-state index is -3.30. The van der Waals surface area contributed by atoms with Crippen LogP contribution in [0.5, 0.6) is 0 Å². The molecule has 0 amide bonds. The molecule has 0 aromatic heterocycles. The lowest BCUT2D eigenvalue weighted by Crippen LogP contribution is -2.40. The molecule has 2 N–H and O–H groups in total. The molecule has 5 nitrogen and oxygen atoms in total. The van der Waals surface area contributed by atoms with E-state index in [1.54, 1.807) is 7.05 Å².